The molecule has 0 saturated carbocycles. The molecule has 0 atom stereocenters. The molecule has 0 radical (unpaired) electrons. The number of rotatable bonds is 3. The van der Waals surface area contributed by atoms with Gasteiger partial charge in [-0.05, 0) is 42.0 Å². The summed E-state index contributed by atoms with van der Waals surface area (Å²) in [7, 11) is 0. The van der Waals surface area contributed by atoms with Gasteiger partial charge >= 0.3 is 0 Å². The molecule has 2 aromatic carbocycles. The Bertz CT molecular complexity index is 821. The summed E-state index contributed by atoms with van der Waals surface area (Å²) in [6.07, 6.45) is 1.69. The van der Waals surface area contributed by atoms with E-state index in [0.717, 1.165) is 5.56 Å². The van der Waals surface area contributed by atoms with Gasteiger partial charge in [-0.3, -0.25) is 19.5 Å². The number of carbonyl (C=O) groups excluding carboxylic acids is 1. The molecule has 3 aromatic rings. The maximum absolute atomic E-state index is 12.5. The normalized spacial score (nSPS) is 10.4. The van der Waals surface area contributed by atoms with Crippen LogP contribution in [-0.4, -0.2) is 15.4 Å². The van der Waals surface area contributed by atoms with E-state index in [-0.39, 0.29) is 11.6 Å². The zero-order chi connectivity index (χ0) is 15.5. The van der Waals surface area contributed by atoms with Gasteiger partial charge in [0.2, 0.25) is 0 Å². The Morgan fingerprint density at radius 2 is 1.59 bits per heavy atom. The Balaban J connectivity index is 1.99. The number of carbonyl (C=O) groups is 1. The van der Waals surface area contributed by atoms with Crippen molar-refractivity contribution in [3.63, 3.8) is 0 Å². The zero-order valence-electron chi connectivity index (χ0n) is 11.5. The third kappa shape index (κ3) is 2.52. The highest BCUT2D eigenvalue weighted by Crippen LogP contribution is 2.23. The molecule has 0 amide bonds. The van der Waals surface area contributed by atoms with Crippen LogP contribution in [0, 0.1) is 10.1 Å². The molecule has 0 unspecified atom stereocenters. The minimum Gasteiger partial charge on any atom is -0.283 e. The van der Waals surface area contributed by atoms with Gasteiger partial charge in [0.25, 0.3) is 11.6 Å². The zero-order valence-corrected chi connectivity index (χ0v) is 11.5. The van der Waals surface area contributed by atoms with Gasteiger partial charge in [-0.2, -0.15) is 0 Å². The molecule has 0 saturated heterocycles. The first-order valence-electron chi connectivity index (χ1n) is 6.69. The Morgan fingerprint density at radius 1 is 0.909 bits per heavy atom. The topological polar surface area (TPSA) is 65.1 Å². The van der Waals surface area contributed by atoms with Crippen LogP contribution in [0.5, 0.6) is 0 Å². The Hall–Kier alpha value is -3.21. The van der Waals surface area contributed by atoms with E-state index in [1.54, 1.807) is 36.5 Å². The van der Waals surface area contributed by atoms with Crippen LogP contribution in [0.1, 0.15) is 10.4 Å². The summed E-state index contributed by atoms with van der Waals surface area (Å²) in [6, 6.07) is 18.7. The molecule has 22 heavy (non-hydrogen) atoms. The van der Waals surface area contributed by atoms with Crippen molar-refractivity contribution in [2.75, 3.05) is 0 Å². The summed E-state index contributed by atoms with van der Waals surface area (Å²) in [5.74, 6) is -0.140. The first-order chi connectivity index (χ1) is 10.7. The van der Waals surface area contributed by atoms with Gasteiger partial charge < -0.3 is 0 Å². The van der Waals surface area contributed by atoms with Crippen LogP contribution in [-0.2, 0) is 0 Å². The number of nitro benzene ring substituents is 1. The fraction of sp³-hybridized carbons (Fsp3) is 0. The molecule has 0 N–H and O–H groups in total. The molecule has 3 rings (SSSR count). The smallest absolute Gasteiger partial charge is 0.269 e. The summed E-state index contributed by atoms with van der Waals surface area (Å²) in [5.41, 5.74) is 2.06. The lowest BCUT2D eigenvalue weighted by Gasteiger charge is -2.08. The molecule has 1 aromatic heterocycles. The number of nitrogens with zero attached hydrogens (tertiary/aromatic N) is 2. The lowest BCUT2D eigenvalue weighted by atomic mass is 10.1. The molecule has 0 spiro atoms. The van der Waals surface area contributed by atoms with Gasteiger partial charge in [0.15, 0.2) is 0 Å². The van der Waals surface area contributed by atoms with E-state index in [9.17, 15) is 14.9 Å². The highest BCUT2D eigenvalue weighted by atomic mass is 16.6. The summed E-state index contributed by atoms with van der Waals surface area (Å²) >= 11 is 0. The highest BCUT2D eigenvalue weighted by molar-refractivity contribution is 5.98. The second-order valence-corrected chi connectivity index (χ2v) is 4.74. The number of hydrogen-bond acceptors (Lipinski definition) is 3. The maximum Gasteiger partial charge on any atom is 0.269 e. The summed E-state index contributed by atoms with van der Waals surface area (Å²) in [4.78, 5) is 22.8. The largest absolute Gasteiger partial charge is 0.283 e. The van der Waals surface area contributed by atoms with E-state index in [1.807, 2.05) is 24.3 Å². The third-order valence-electron chi connectivity index (χ3n) is 3.36. The summed E-state index contributed by atoms with van der Waals surface area (Å²) < 4.78 is 1.54. The first kappa shape index (κ1) is 13.8. The number of benzene rings is 2. The van der Waals surface area contributed by atoms with Crippen LogP contribution < -0.4 is 0 Å². The fourth-order valence-corrected chi connectivity index (χ4v) is 2.27. The van der Waals surface area contributed by atoms with E-state index in [2.05, 4.69) is 0 Å². The Labute approximate surface area is 126 Å². The molecular formula is C17H12N2O3. The molecule has 0 aliphatic rings. The fourth-order valence-electron chi connectivity index (χ4n) is 2.27. The van der Waals surface area contributed by atoms with Crippen LogP contribution in [0.25, 0.3) is 11.3 Å². The van der Waals surface area contributed by atoms with Crippen molar-refractivity contribution in [3.05, 3.63) is 88.6 Å². The number of nitro groups is 1. The molecule has 0 aliphatic carbocycles. The molecule has 0 fully saturated rings. The average Bonchev–Trinajstić information content (AvgIpc) is 3.04. The summed E-state index contributed by atoms with van der Waals surface area (Å²) in [5, 5.41) is 10.7. The predicted octanol–water partition coefficient (Wildman–Crippen LogP) is 3.75. The monoisotopic (exact) mass is 292 g/mol. The van der Waals surface area contributed by atoms with Gasteiger partial charge in [0, 0.05) is 23.9 Å². The van der Waals surface area contributed by atoms with Crippen molar-refractivity contribution >= 4 is 11.6 Å². The quantitative estimate of drug-likeness (QED) is 0.545. The van der Waals surface area contributed by atoms with E-state index < -0.39 is 4.92 Å². The van der Waals surface area contributed by atoms with Gasteiger partial charge in [0.1, 0.15) is 0 Å². The minimum atomic E-state index is -0.446. The lowest BCUT2D eigenvalue weighted by molar-refractivity contribution is -0.384. The maximum atomic E-state index is 12.5. The van der Waals surface area contributed by atoms with Gasteiger partial charge in [-0.1, -0.05) is 18.2 Å². The van der Waals surface area contributed by atoms with Crippen LogP contribution in [0.2, 0.25) is 0 Å². The van der Waals surface area contributed by atoms with Crippen molar-refractivity contribution < 1.29 is 9.72 Å². The van der Waals surface area contributed by atoms with Crippen LogP contribution >= 0.6 is 0 Å². The first-order valence-corrected chi connectivity index (χ1v) is 6.69. The third-order valence-corrected chi connectivity index (χ3v) is 3.36. The molecule has 108 valence electrons. The Morgan fingerprint density at radius 3 is 2.23 bits per heavy atom. The Kier molecular flexibility index (Phi) is 3.53. The van der Waals surface area contributed by atoms with Crippen LogP contribution in [0.3, 0.4) is 0 Å². The van der Waals surface area contributed by atoms with Gasteiger partial charge in [-0.15, -0.1) is 0 Å². The van der Waals surface area contributed by atoms with Gasteiger partial charge in [-0.25, -0.2) is 0 Å². The molecule has 5 heteroatoms. The SMILES string of the molecule is O=C(c1ccccc1)n1cccc1-c1ccc([N+](=O)[O-])cc1. The summed E-state index contributed by atoms with van der Waals surface area (Å²) in [6.45, 7) is 0. The van der Waals surface area contributed by atoms with E-state index in [0.29, 0.717) is 11.3 Å². The number of hydrogen-bond donors (Lipinski definition) is 0. The molecule has 1 heterocycles. The average molecular weight is 292 g/mol. The van der Waals surface area contributed by atoms with E-state index in [4.69, 9.17) is 0 Å². The second-order valence-electron chi connectivity index (χ2n) is 4.74. The lowest BCUT2D eigenvalue weighted by Crippen LogP contribution is -2.11. The minimum absolute atomic E-state index is 0.0243. The second kappa shape index (κ2) is 5.65. The van der Waals surface area contributed by atoms with Crippen LogP contribution in [0.15, 0.2) is 72.9 Å². The van der Waals surface area contributed by atoms with Crippen molar-refractivity contribution in [1.82, 2.24) is 4.57 Å². The van der Waals surface area contributed by atoms with Crippen molar-refractivity contribution in [2.24, 2.45) is 0 Å². The number of aromatic nitrogens is 1. The molecular weight excluding hydrogens is 280 g/mol. The van der Waals surface area contributed by atoms with E-state index in [1.165, 1.54) is 16.7 Å². The number of non-ortho nitro benzene ring substituents is 1. The molecule has 5 nitrogen and oxygen atoms in total. The van der Waals surface area contributed by atoms with Crippen molar-refractivity contribution in [1.29, 1.82) is 0 Å². The predicted molar refractivity (Wildman–Crippen MR) is 82.7 cm³/mol. The van der Waals surface area contributed by atoms with E-state index >= 15 is 0 Å². The molecule has 0 bridgehead atoms. The van der Waals surface area contributed by atoms with Crippen molar-refractivity contribution in [3.8, 4) is 11.3 Å². The van der Waals surface area contributed by atoms with Crippen LogP contribution in [0.4, 0.5) is 5.69 Å². The van der Waals surface area contributed by atoms with Crippen molar-refractivity contribution in [2.45, 2.75) is 0 Å². The van der Waals surface area contributed by atoms with Gasteiger partial charge in [0.05, 0.1) is 10.6 Å². The standard InChI is InChI=1S/C17H12N2O3/c20-17(14-5-2-1-3-6-14)18-12-4-7-16(18)13-8-10-15(11-9-13)19(21)22/h1-12H. The molecule has 0 aliphatic heterocycles. The highest BCUT2D eigenvalue weighted by Gasteiger charge is 2.13.